The third-order valence-electron chi connectivity index (χ3n) is 1.88. The van der Waals surface area contributed by atoms with Crippen molar-refractivity contribution in [2.75, 3.05) is 0 Å². The van der Waals surface area contributed by atoms with Crippen molar-refractivity contribution in [3.05, 3.63) is 60.7 Å². The zero-order valence-electron chi connectivity index (χ0n) is 7.47. The molecule has 2 rings (SSSR count). The van der Waals surface area contributed by atoms with E-state index in [1.807, 2.05) is 12.1 Å². The standard InChI is InChI=1S/C12H10.ClH.Pd/c1-3-7-11(8-4-1)12-9-5-2-6-10-12;;/h1-10H;1H;/q;;+1/p-1. The van der Waals surface area contributed by atoms with E-state index in [0.29, 0.717) is 0 Å². The van der Waals surface area contributed by atoms with Crippen molar-refractivity contribution in [2.24, 2.45) is 0 Å². The Balaban J connectivity index is 0.000000461. The quantitative estimate of drug-likeness (QED) is 0.697. The molecule has 0 N–H and O–H groups in total. The summed E-state index contributed by atoms with van der Waals surface area (Å²) in [6, 6.07) is 20.8. The van der Waals surface area contributed by atoms with Crippen molar-refractivity contribution in [2.45, 2.75) is 0 Å². The number of rotatable bonds is 1. The Kier molecular flexibility index (Phi) is 5.56. The molecule has 14 heavy (non-hydrogen) atoms. The maximum atomic E-state index is 4.49. The van der Waals surface area contributed by atoms with Crippen LogP contribution in [0, 0.1) is 0 Å². The van der Waals surface area contributed by atoms with Crippen LogP contribution >= 0.6 is 9.53 Å². The topological polar surface area (TPSA) is 0 Å². The Morgan fingerprint density at radius 1 is 0.571 bits per heavy atom. The molecule has 75 valence electrons. The van der Waals surface area contributed by atoms with E-state index in [-0.39, 0.29) is 0 Å². The van der Waals surface area contributed by atoms with Gasteiger partial charge in [0.05, 0.1) is 0 Å². The maximum Gasteiger partial charge on any atom is -0.0184 e. The van der Waals surface area contributed by atoms with Crippen LogP contribution < -0.4 is 0 Å². The summed E-state index contributed by atoms with van der Waals surface area (Å²) in [4.78, 5) is 0. The van der Waals surface area contributed by atoms with Crippen molar-refractivity contribution in [3.8, 4) is 11.1 Å². The molecule has 2 aromatic carbocycles. The van der Waals surface area contributed by atoms with Gasteiger partial charge >= 0.3 is 27.7 Å². The number of hydrogen-bond donors (Lipinski definition) is 0. The molecule has 0 saturated carbocycles. The Morgan fingerprint density at radius 3 is 1.14 bits per heavy atom. The molecule has 0 amide bonds. The first-order valence-electron chi connectivity index (χ1n) is 4.19. The van der Waals surface area contributed by atoms with Crippen LogP contribution in [0.5, 0.6) is 0 Å². The molecule has 2 aromatic rings. The van der Waals surface area contributed by atoms with Gasteiger partial charge in [0.1, 0.15) is 0 Å². The van der Waals surface area contributed by atoms with Crippen LogP contribution in [0.15, 0.2) is 60.7 Å². The molecule has 0 nitrogen and oxygen atoms in total. The number of halogens is 1. The Hall–Kier alpha value is -0.608. The fraction of sp³-hybridized carbons (Fsp3) is 0. The fourth-order valence-electron chi connectivity index (χ4n) is 1.26. The zero-order chi connectivity index (χ0) is 10.2. The van der Waals surface area contributed by atoms with E-state index in [4.69, 9.17) is 0 Å². The van der Waals surface area contributed by atoms with E-state index >= 15 is 0 Å². The van der Waals surface area contributed by atoms with Crippen LogP contribution in [0.2, 0.25) is 0 Å². The third kappa shape index (κ3) is 3.27. The summed E-state index contributed by atoms with van der Waals surface area (Å²) in [5.74, 6) is 0. The molecular weight excluding hydrogens is 286 g/mol. The van der Waals surface area contributed by atoms with E-state index < -0.39 is 0 Å². The van der Waals surface area contributed by atoms with Gasteiger partial charge in [-0.3, -0.25) is 0 Å². The Morgan fingerprint density at radius 2 is 0.857 bits per heavy atom. The fourth-order valence-corrected chi connectivity index (χ4v) is 1.26. The first kappa shape index (κ1) is 11.5. The molecule has 0 radical (unpaired) electrons. The van der Waals surface area contributed by atoms with Crippen LogP contribution in [0.3, 0.4) is 0 Å². The van der Waals surface area contributed by atoms with E-state index in [0.717, 1.165) is 0 Å². The molecule has 0 saturated heterocycles. The molecule has 0 unspecified atom stereocenters. The first-order chi connectivity index (χ1) is 6.97. The molecular formula is C12H10ClPd. The molecule has 0 fully saturated rings. The minimum atomic E-state index is 1.28. The van der Waals surface area contributed by atoms with Gasteiger partial charge in [0.15, 0.2) is 0 Å². The van der Waals surface area contributed by atoms with Gasteiger partial charge in [-0.1, -0.05) is 60.7 Å². The van der Waals surface area contributed by atoms with Crippen LogP contribution in [0.1, 0.15) is 0 Å². The van der Waals surface area contributed by atoms with Crippen LogP contribution in [0.4, 0.5) is 0 Å². The molecule has 0 aliphatic rings. The van der Waals surface area contributed by atoms with Crippen molar-refractivity contribution in [1.82, 2.24) is 0 Å². The summed E-state index contributed by atoms with van der Waals surface area (Å²) in [5.41, 5.74) is 2.55. The van der Waals surface area contributed by atoms with Crippen molar-refractivity contribution in [3.63, 3.8) is 0 Å². The number of benzene rings is 2. The molecule has 0 heterocycles. The second kappa shape index (κ2) is 6.79. The third-order valence-corrected chi connectivity index (χ3v) is 1.88. The summed E-state index contributed by atoms with van der Waals surface area (Å²) < 4.78 is 0. The van der Waals surface area contributed by atoms with Crippen LogP contribution in [-0.2, 0) is 18.2 Å². The predicted molar refractivity (Wildman–Crippen MR) is 57.7 cm³/mol. The summed E-state index contributed by atoms with van der Waals surface area (Å²) in [6.07, 6.45) is 0. The SMILES string of the molecule is [Cl][Pd].c1ccc(-c2ccccc2)cc1. The van der Waals surface area contributed by atoms with Crippen molar-refractivity contribution >= 4 is 9.53 Å². The normalized spacial score (nSPS) is 8.79. The number of hydrogen-bond acceptors (Lipinski definition) is 0. The second-order valence-corrected chi connectivity index (χ2v) is 2.73. The van der Waals surface area contributed by atoms with Gasteiger partial charge < -0.3 is 0 Å². The second-order valence-electron chi connectivity index (χ2n) is 2.73. The summed E-state index contributed by atoms with van der Waals surface area (Å²) in [5, 5.41) is 0. The van der Waals surface area contributed by atoms with Crippen molar-refractivity contribution < 1.29 is 18.2 Å². The van der Waals surface area contributed by atoms with E-state index in [2.05, 4.69) is 76.2 Å². The average Bonchev–Trinajstić information content (AvgIpc) is 2.34. The van der Waals surface area contributed by atoms with Gasteiger partial charge in [-0.15, -0.1) is 0 Å². The minimum Gasteiger partial charge on any atom is -0.0622 e. The molecule has 0 aromatic heterocycles. The largest absolute Gasteiger partial charge is 0.0622 e. The molecule has 0 bridgehead atoms. The van der Waals surface area contributed by atoms with Crippen LogP contribution in [0.25, 0.3) is 11.1 Å². The first-order valence-corrected chi connectivity index (χ1v) is 6.19. The van der Waals surface area contributed by atoms with Gasteiger partial charge in [-0.05, 0) is 11.1 Å². The van der Waals surface area contributed by atoms with E-state index in [1.54, 1.807) is 0 Å². The zero-order valence-corrected chi connectivity index (χ0v) is 9.78. The van der Waals surface area contributed by atoms with E-state index in [1.165, 1.54) is 11.1 Å². The van der Waals surface area contributed by atoms with Crippen LogP contribution in [-0.4, -0.2) is 0 Å². The molecule has 0 atom stereocenters. The predicted octanol–water partition coefficient (Wildman–Crippen LogP) is 4.04. The molecule has 0 aliphatic carbocycles. The summed E-state index contributed by atoms with van der Waals surface area (Å²) in [7, 11) is 4.49. The van der Waals surface area contributed by atoms with E-state index in [9.17, 15) is 0 Å². The molecule has 0 aliphatic heterocycles. The Bertz CT molecular complexity index is 308. The molecule has 0 spiro atoms. The molecule has 2 heteroatoms. The average molecular weight is 296 g/mol. The maximum absolute atomic E-state index is 4.49. The smallest absolute Gasteiger partial charge is 0.0184 e. The summed E-state index contributed by atoms with van der Waals surface area (Å²) in [6.45, 7) is 0. The van der Waals surface area contributed by atoms with Gasteiger partial charge in [-0.2, -0.15) is 0 Å². The monoisotopic (exact) mass is 295 g/mol. The van der Waals surface area contributed by atoms with Crippen molar-refractivity contribution in [1.29, 1.82) is 0 Å². The van der Waals surface area contributed by atoms with Gasteiger partial charge in [0, 0.05) is 0 Å². The van der Waals surface area contributed by atoms with Gasteiger partial charge in [-0.25, -0.2) is 0 Å². The van der Waals surface area contributed by atoms with Gasteiger partial charge in [0.2, 0.25) is 0 Å². The summed E-state index contributed by atoms with van der Waals surface area (Å²) >= 11 is 2.22. The van der Waals surface area contributed by atoms with Gasteiger partial charge in [0.25, 0.3) is 0 Å². The minimum absolute atomic E-state index is 1.28. The Labute approximate surface area is 99.3 Å².